The number of rotatable bonds is 6. The summed E-state index contributed by atoms with van der Waals surface area (Å²) in [6, 6.07) is -0.0521. The van der Waals surface area contributed by atoms with Gasteiger partial charge in [0.15, 0.2) is 0 Å². The van der Waals surface area contributed by atoms with E-state index in [0.29, 0.717) is 45.1 Å². The first-order valence-electron chi connectivity index (χ1n) is 9.49. The van der Waals surface area contributed by atoms with Crippen molar-refractivity contribution in [1.82, 2.24) is 15.1 Å². The van der Waals surface area contributed by atoms with Crippen LogP contribution in [-0.2, 0) is 14.3 Å². The van der Waals surface area contributed by atoms with Gasteiger partial charge in [-0.15, -0.1) is 0 Å². The molecule has 2 fully saturated rings. The summed E-state index contributed by atoms with van der Waals surface area (Å²) < 4.78 is 5.42. The Morgan fingerprint density at radius 2 is 1.92 bits per heavy atom. The number of ether oxygens (including phenoxy) is 1. The molecule has 2 unspecified atom stereocenters. The molecule has 26 heavy (non-hydrogen) atoms. The van der Waals surface area contributed by atoms with Gasteiger partial charge in [-0.1, -0.05) is 13.8 Å². The molecule has 2 atom stereocenters. The van der Waals surface area contributed by atoms with E-state index in [0.717, 1.165) is 19.4 Å². The summed E-state index contributed by atoms with van der Waals surface area (Å²) in [4.78, 5) is 39.2. The van der Waals surface area contributed by atoms with Crippen LogP contribution in [0.5, 0.6) is 0 Å². The van der Waals surface area contributed by atoms with E-state index < -0.39 is 12.1 Å². The number of carboxylic acids is 1. The fourth-order valence-corrected chi connectivity index (χ4v) is 3.46. The lowest BCUT2D eigenvalue weighted by Crippen LogP contribution is -2.49. The summed E-state index contributed by atoms with van der Waals surface area (Å²) in [6.07, 6.45) is 1.71. The first-order valence-corrected chi connectivity index (χ1v) is 9.49. The number of hydrogen-bond acceptors (Lipinski definition) is 4. The molecule has 8 nitrogen and oxygen atoms in total. The van der Waals surface area contributed by atoms with E-state index in [2.05, 4.69) is 19.2 Å². The maximum Gasteiger partial charge on any atom is 0.317 e. The first-order chi connectivity index (χ1) is 12.3. The van der Waals surface area contributed by atoms with Crippen LogP contribution in [0.2, 0.25) is 0 Å². The van der Waals surface area contributed by atoms with Gasteiger partial charge in [-0.05, 0) is 24.7 Å². The smallest absolute Gasteiger partial charge is 0.317 e. The summed E-state index contributed by atoms with van der Waals surface area (Å²) in [7, 11) is 0. The molecule has 0 bridgehead atoms. The van der Waals surface area contributed by atoms with Crippen molar-refractivity contribution in [3.8, 4) is 0 Å². The summed E-state index contributed by atoms with van der Waals surface area (Å²) in [5.41, 5.74) is 0. The molecule has 3 amide bonds. The number of morpholine rings is 1. The van der Waals surface area contributed by atoms with Crippen LogP contribution in [0, 0.1) is 11.8 Å². The standard InChI is InChI=1S/C18H31N3O5/c1-13(2)10-19-18(25)21-5-3-4-14(11-21)8-16(22)20-6-7-26-15(12-20)9-17(23)24/h13-15H,3-12H2,1-2H3,(H,19,25)(H,23,24). The number of hydrogen-bond donors (Lipinski definition) is 2. The zero-order valence-corrected chi connectivity index (χ0v) is 15.8. The van der Waals surface area contributed by atoms with E-state index in [-0.39, 0.29) is 24.3 Å². The molecule has 2 saturated heterocycles. The van der Waals surface area contributed by atoms with Gasteiger partial charge in [0.25, 0.3) is 0 Å². The van der Waals surface area contributed by atoms with E-state index in [4.69, 9.17) is 9.84 Å². The normalized spacial score (nSPS) is 23.8. The molecule has 2 rings (SSSR count). The number of nitrogens with one attached hydrogen (secondary N) is 1. The van der Waals surface area contributed by atoms with Gasteiger partial charge in [-0.25, -0.2) is 4.79 Å². The minimum atomic E-state index is -0.917. The lowest BCUT2D eigenvalue weighted by molar-refractivity contribution is -0.148. The fourth-order valence-electron chi connectivity index (χ4n) is 3.46. The van der Waals surface area contributed by atoms with Crippen LogP contribution >= 0.6 is 0 Å². The number of amides is 3. The Morgan fingerprint density at radius 3 is 2.62 bits per heavy atom. The van der Waals surface area contributed by atoms with E-state index in [1.54, 1.807) is 9.80 Å². The van der Waals surface area contributed by atoms with E-state index >= 15 is 0 Å². The highest BCUT2D eigenvalue weighted by Gasteiger charge is 2.30. The topological polar surface area (TPSA) is 99.2 Å². The van der Waals surface area contributed by atoms with Crippen molar-refractivity contribution in [2.24, 2.45) is 11.8 Å². The van der Waals surface area contributed by atoms with Crippen molar-refractivity contribution in [3.05, 3.63) is 0 Å². The van der Waals surface area contributed by atoms with Gasteiger partial charge in [0.05, 0.1) is 19.1 Å². The van der Waals surface area contributed by atoms with Crippen LogP contribution in [0.25, 0.3) is 0 Å². The van der Waals surface area contributed by atoms with Crippen LogP contribution in [0.3, 0.4) is 0 Å². The number of piperidine rings is 1. The second-order valence-electron chi connectivity index (χ2n) is 7.67. The summed E-state index contributed by atoms with van der Waals surface area (Å²) in [5.74, 6) is -0.333. The summed E-state index contributed by atoms with van der Waals surface area (Å²) in [6.45, 7) is 7.29. The van der Waals surface area contributed by atoms with Gasteiger partial charge < -0.3 is 25.0 Å². The van der Waals surface area contributed by atoms with Crippen molar-refractivity contribution in [2.45, 2.75) is 45.6 Å². The maximum atomic E-state index is 12.6. The number of carbonyl (C=O) groups is 3. The first kappa shape index (κ1) is 20.5. The molecule has 0 radical (unpaired) electrons. The zero-order chi connectivity index (χ0) is 19.1. The van der Waals surface area contributed by atoms with Crippen LogP contribution in [0.1, 0.15) is 39.5 Å². The highest BCUT2D eigenvalue weighted by Crippen LogP contribution is 2.21. The van der Waals surface area contributed by atoms with Gasteiger partial charge in [-0.3, -0.25) is 9.59 Å². The van der Waals surface area contributed by atoms with Gasteiger partial charge in [0.1, 0.15) is 0 Å². The molecule has 0 aromatic heterocycles. The minimum absolute atomic E-state index is 0.0260. The zero-order valence-electron chi connectivity index (χ0n) is 15.8. The predicted octanol–water partition coefficient (Wildman–Crippen LogP) is 1.16. The SMILES string of the molecule is CC(C)CNC(=O)N1CCCC(CC(=O)N2CCOC(CC(=O)O)C2)C1. The highest BCUT2D eigenvalue weighted by atomic mass is 16.5. The predicted molar refractivity (Wildman–Crippen MR) is 95.7 cm³/mol. The minimum Gasteiger partial charge on any atom is -0.481 e. The van der Waals surface area contributed by atoms with Crippen LogP contribution in [0.4, 0.5) is 4.79 Å². The van der Waals surface area contributed by atoms with Crippen molar-refractivity contribution in [2.75, 3.05) is 39.3 Å². The molecule has 8 heteroatoms. The largest absolute Gasteiger partial charge is 0.481 e. The molecular formula is C18H31N3O5. The Bertz CT molecular complexity index is 511. The molecule has 0 aromatic rings. The van der Waals surface area contributed by atoms with Gasteiger partial charge in [0.2, 0.25) is 5.91 Å². The third-order valence-corrected chi connectivity index (χ3v) is 4.82. The number of carbonyl (C=O) groups excluding carboxylic acids is 2. The molecule has 0 aliphatic carbocycles. The van der Waals surface area contributed by atoms with Crippen molar-refractivity contribution in [3.63, 3.8) is 0 Å². The van der Waals surface area contributed by atoms with Crippen molar-refractivity contribution < 1.29 is 24.2 Å². The van der Waals surface area contributed by atoms with Crippen LogP contribution in [-0.4, -0.2) is 78.2 Å². The Hall–Kier alpha value is -1.83. The third kappa shape index (κ3) is 6.48. The second-order valence-corrected chi connectivity index (χ2v) is 7.67. The number of likely N-dealkylation sites (tertiary alicyclic amines) is 1. The van der Waals surface area contributed by atoms with E-state index in [1.807, 2.05) is 0 Å². The quantitative estimate of drug-likeness (QED) is 0.732. The lowest BCUT2D eigenvalue weighted by Gasteiger charge is -2.36. The molecule has 0 spiro atoms. The molecule has 2 aliphatic heterocycles. The average molecular weight is 369 g/mol. The summed E-state index contributed by atoms with van der Waals surface area (Å²) in [5, 5.41) is 11.8. The highest BCUT2D eigenvalue weighted by molar-refractivity contribution is 5.77. The molecule has 148 valence electrons. The Labute approximate surface area is 154 Å². The fraction of sp³-hybridized carbons (Fsp3) is 0.833. The number of nitrogens with zero attached hydrogens (tertiary/aromatic N) is 2. The molecular weight excluding hydrogens is 338 g/mol. The van der Waals surface area contributed by atoms with Crippen LogP contribution < -0.4 is 5.32 Å². The number of aliphatic carboxylic acids is 1. The molecule has 0 saturated carbocycles. The Morgan fingerprint density at radius 1 is 1.15 bits per heavy atom. The maximum absolute atomic E-state index is 12.6. The van der Waals surface area contributed by atoms with Gasteiger partial charge in [-0.2, -0.15) is 0 Å². The third-order valence-electron chi connectivity index (χ3n) is 4.82. The molecule has 2 heterocycles. The van der Waals surface area contributed by atoms with Gasteiger partial charge in [0, 0.05) is 39.1 Å². The Balaban J connectivity index is 1.80. The van der Waals surface area contributed by atoms with Crippen molar-refractivity contribution >= 4 is 17.9 Å². The number of urea groups is 1. The summed E-state index contributed by atoms with van der Waals surface area (Å²) >= 11 is 0. The average Bonchev–Trinajstić information content (AvgIpc) is 2.59. The molecule has 2 N–H and O–H groups in total. The van der Waals surface area contributed by atoms with Crippen LogP contribution in [0.15, 0.2) is 0 Å². The Kier molecular flexibility index (Phi) is 7.68. The monoisotopic (exact) mass is 369 g/mol. The molecule has 0 aromatic carbocycles. The molecule has 2 aliphatic rings. The second kappa shape index (κ2) is 9.75. The lowest BCUT2D eigenvalue weighted by atomic mass is 9.94. The van der Waals surface area contributed by atoms with Crippen molar-refractivity contribution in [1.29, 1.82) is 0 Å². The van der Waals surface area contributed by atoms with E-state index in [9.17, 15) is 14.4 Å². The van der Waals surface area contributed by atoms with E-state index in [1.165, 1.54) is 0 Å². The van der Waals surface area contributed by atoms with Gasteiger partial charge >= 0.3 is 12.0 Å². The number of carboxylic acid groups (broad SMARTS) is 1.